The van der Waals surface area contributed by atoms with E-state index in [4.69, 9.17) is 9.47 Å². The summed E-state index contributed by atoms with van der Waals surface area (Å²) in [6, 6.07) is 25.3. The zero-order valence-corrected chi connectivity index (χ0v) is 25.7. The molecule has 3 heterocycles. The maximum Gasteiger partial charge on any atom is 0.255 e. The summed E-state index contributed by atoms with van der Waals surface area (Å²) in [5.41, 5.74) is 8.32. The summed E-state index contributed by atoms with van der Waals surface area (Å²) in [7, 11) is 3.35. The van der Waals surface area contributed by atoms with Crippen LogP contribution in [-0.4, -0.2) is 53.1 Å². The molecule has 1 amide bonds. The van der Waals surface area contributed by atoms with Gasteiger partial charge in [0, 0.05) is 49.0 Å². The highest BCUT2D eigenvalue weighted by atomic mass is 16.5. The van der Waals surface area contributed by atoms with Gasteiger partial charge in [-0.05, 0) is 96.6 Å². The molecule has 0 aliphatic carbocycles. The van der Waals surface area contributed by atoms with Gasteiger partial charge in [-0.15, -0.1) is 0 Å². The second kappa shape index (κ2) is 13.6. The van der Waals surface area contributed by atoms with E-state index in [0.29, 0.717) is 17.2 Å². The van der Waals surface area contributed by atoms with Gasteiger partial charge in [0.05, 0.1) is 25.6 Å². The van der Waals surface area contributed by atoms with Crippen molar-refractivity contribution in [1.29, 1.82) is 0 Å². The Labute approximate surface area is 263 Å². The van der Waals surface area contributed by atoms with E-state index in [0.717, 1.165) is 66.6 Å². The molecule has 1 aliphatic heterocycles. The van der Waals surface area contributed by atoms with Crippen LogP contribution < -0.4 is 20.1 Å². The normalized spacial score (nSPS) is 12.7. The minimum Gasteiger partial charge on any atom is -0.493 e. The van der Waals surface area contributed by atoms with Crippen molar-refractivity contribution in [1.82, 2.24) is 19.9 Å². The molecule has 0 saturated heterocycles. The van der Waals surface area contributed by atoms with E-state index in [2.05, 4.69) is 54.8 Å². The first-order valence-electron chi connectivity index (χ1n) is 15.0. The number of carbonyl (C=O) groups excluding carboxylic acids is 1. The number of nitrogens with zero attached hydrogens (tertiary/aromatic N) is 4. The van der Waals surface area contributed by atoms with E-state index in [1.54, 1.807) is 26.6 Å². The van der Waals surface area contributed by atoms with Crippen LogP contribution in [0.25, 0.3) is 11.4 Å². The zero-order chi connectivity index (χ0) is 31.2. The molecule has 0 spiro atoms. The van der Waals surface area contributed by atoms with Crippen LogP contribution in [0.4, 0.5) is 17.3 Å². The maximum absolute atomic E-state index is 13.2. The Morgan fingerprint density at radius 3 is 2.42 bits per heavy atom. The maximum atomic E-state index is 13.2. The van der Waals surface area contributed by atoms with Crippen LogP contribution in [0.2, 0.25) is 0 Å². The summed E-state index contributed by atoms with van der Waals surface area (Å²) in [6.07, 6.45) is 5.33. The number of methoxy groups -OCH3 is 2. The molecule has 0 bridgehead atoms. The minimum absolute atomic E-state index is 0.187. The number of amides is 1. The molecule has 0 unspecified atom stereocenters. The van der Waals surface area contributed by atoms with Crippen molar-refractivity contribution in [3.63, 3.8) is 0 Å². The zero-order valence-electron chi connectivity index (χ0n) is 25.7. The van der Waals surface area contributed by atoms with Gasteiger partial charge < -0.3 is 20.1 Å². The number of aromatic nitrogens is 3. The molecule has 5 aromatic rings. The summed E-state index contributed by atoms with van der Waals surface area (Å²) in [6.45, 7) is 4.82. The third kappa shape index (κ3) is 7.11. The summed E-state index contributed by atoms with van der Waals surface area (Å²) in [5, 5.41) is 6.28. The quantitative estimate of drug-likeness (QED) is 0.188. The molecular weight excluding hydrogens is 564 g/mol. The number of carbonyl (C=O) groups is 1. The Morgan fingerprint density at radius 2 is 1.67 bits per heavy atom. The van der Waals surface area contributed by atoms with E-state index in [1.165, 1.54) is 16.7 Å². The molecular formula is C36H36N6O3. The average molecular weight is 601 g/mol. The number of pyridine rings is 1. The Balaban J connectivity index is 1.05. The van der Waals surface area contributed by atoms with Gasteiger partial charge in [0.15, 0.2) is 11.5 Å². The number of nitrogens with one attached hydrogen (secondary N) is 2. The van der Waals surface area contributed by atoms with Crippen molar-refractivity contribution >= 4 is 23.2 Å². The molecule has 1 aliphatic rings. The van der Waals surface area contributed by atoms with Gasteiger partial charge in [-0.3, -0.25) is 14.7 Å². The largest absolute Gasteiger partial charge is 0.493 e. The van der Waals surface area contributed by atoms with Crippen LogP contribution in [-0.2, 0) is 19.4 Å². The Hall–Kier alpha value is -5.28. The van der Waals surface area contributed by atoms with E-state index in [-0.39, 0.29) is 5.91 Å². The SMILES string of the molecule is COc1cc2c(cc1OC)CN(CCc1ccc(NC(=O)c3ccc(C)c(Nc4nccc(-c5ccccn5)n4)c3)cc1)CC2. The van der Waals surface area contributed by atoms with Gasteiger partial charge in [0.2, 0.25) is 5.95 Å². The monoisotopic (exact) mass is 600 g/mol. The third-order valence-corrected chi connectivity index (χ3v) is 8.05. The average Bonchev–Trinajstić information content (AvgIpc) is 3.08. The van der Waals surface area contributed by atoms with Gasteiger partial charge in [-0.1, -0.05) is 24.3 Å². The molecule has 228 valence electrons. The van der Waals surface area contributed by atoms with Crippen molar-refractivity contribution in [2.45, 2.75) is 26.3 Å². The molecule has 0 atom stereocenters. The van der Waals surface area contributed by atoms with Gasteiger partial charge in [0.25, 0.3) is 5.91 Å². The van der Waals surface area contributed by atoms with Gasteiger partial charge in [-0.2, -0.15) is 0 Å². The molecule has 6 rings (SSSR count). The predicted octanol–water partition coefficient (Wildman–Crippen LogP) is 6.46. The molecule has 9 nitrogen and oxygen atoms in total. The van der Waals surface area contributed by atoms with Crippen LogP contribution in [0.3, 0.4) is 0 Å². The van der Waals surface area contributed by atoms with Crippen LogP contribution in [0, 0.1) is 6.92 Å². The lowest BCUT2D eigenvalue weighted by molar-refractivity contribution is 0.102. The summed E-state index contributed by atoms with van der Waals surface area (Å²) < 4.78 is 11.0. The fourth-order valence-electron chi connectivity index (χ4n) is 5.47. The van der Waals surface area contributed by atoms with Crippen molar-refractivity contribution in [3.8, 4) is 22.9 Å². The molecule has 2 aromatic heterocycles. The van der Waals surface area contributed by atoms with Gasteiger partial charge in [0.1, 0.15) is 0 Å². The highest BCUT2D eigenvalue weighted by Crippen LogP contribution is 2.33. The second-order valence-electron chi connectivity index (χ2n) is 11.0. The predicted molar refractivity (Wildman–Crippen MR) is 176 cm³/mol. The number of hydrogen-bond acceptors (Lipinski definition) is 8. The molecule has 45 heavy (non-hydrogen) atoms. The Bertz CT molecular complexity index is 1790. The first-order valence-corrected chi connectivity index (χ1v) is 15.0. The number of rotatable bonds is 10. The first-order chi connectivity index (χ1) is 22.0. The summed E-state index contributed by atoms with van der Waals surface area (Å²) >= 11 is 0. The van der Waals surface area contributed by atoms with Crippen LogP contribution in [0.1, 0.15) is 32.6 Å². The number of ether oxygens (including phenoxy) is 2. The standard InChI is InChI=1S/C36H36N6O3/c1-24-7-10-27(20-32(24)41-36-38-17-13-31(40-36)30-6-4-5-16-37-30)35(43)39-29-11-8-25(9-12-29)14-18-42-19-15-26-21-33(44-2)34(45-3)22-28(26)23-42/h4-13,16-17,20-22H,14-15,18-19,23H2,1-3H3,(H,39,43)(H,38,40,41). The van der Waals surface area contributed by atoms with Crippen molar-refractivity contribution in [3.05, 3.63) is 119 Å². The smallest absolute Gasteiger partial charge is 0.255 e. The Kier molecular flexibility index (Phi) is 8.98. The van der Waals surface area contributed by atoms with Crippen LogP contribution in [0.15, 0.2) is 91.3 Å². The van der Waals surface area contributed by atoms with E-state index in [9.17, 15) is 4.79 Å². The number of anilines is 3. The molecule has 2 N–H and O–H groups in total. The highest BCUT2D eigenvalue weighted by Gasteiger charge is 2.19. The van der Waals surface area contributed by atoms with Crippen molar-refractivity contribution in [2.24, 2.45) is 0 Å². The lowest BCUT2D eigenvalue weighted by Crippen LogP contribution is -2.32. The van der Waals surface area contributed by atoms with E-state index < -0.39 is 0 Å². The molecule has 3 aromatic carbocycles. The Morgan fingerprint density at radius 1 is 0.867 bits per heavy atom. The molecule has 0 fully saturated rings. The minimum atomic E-state index is -0.187. The van der Waals surface area contributed by atoms with Gasteiger partial charge in [-0.25, -0.2) is 9.97 Å². The third-order valence-electron chi connectivity index (χ3n) is 8.05. The fraction of sp³-hybridized carbons (Fsp3) is 0.222. The van der Waals surface area contributed by atoms with Crippen LogP contribution >= 0.6 is 0 Å². The van der Waals surface area contributed by atoms with Gasteiger partial charge >= 0.3 is 0 Å². The number of fused-ring (bicyclic) bond motifs is 1. The van der Waals surface area contributed by atoms with Crippen molar-refractivity contribution < 1.29 is 14.3 Å². The lowest BCUT2D eigenvalue weighted by atomic mass is 9.98. The summed E-state index contributed by atoms with van der Waals surface area (Å²) in [5.74, 6) is 1.80. The molecule has 0 radical (unpaired) electrons. The fourth-order valence-corrected chi connectivity index (χ4v) is 5.47. The number of hydrogen-bond donors (Lipinski definition) is 2. The topological polar surface area (TPSA) is 102 Å². The van der Waals surface area contributed by atoms with E-state index in [1.807, 2.05) is 61.5 Å². The van der Waals surface area contributed by atoms with Crippen molar-refractivity contribution in [2.75, 3.05) is 37.9 Å². The molecule has 9 heteroatoms. The number of aryl methyl sites for hydroxylation is 1. The highest BCUT2D eigenvalue weighted by molar-refractivity contribution is 6.05. The summed E-state index contributed by atoms with van der Waals surface area (Å²) in [4.78, 5) is 29.0. The lowest BCUT2D eigenvalue weighted by Gasteiger charge is -2.29. The van der Waals surface area contributed by atoms with E-state index >= 15 is 0 Å². The molecule has 0 saturated carbocycles. The number of benzene rings is 3. The first kappa shape index (κ1) is 29.8. The second-order valence-corrected chi connectivity index (χ2v) is 11.0. The van der Waals surface area contributed by atoms with Crippen LogP contribution in [0.5, 0.6) is 11.5 Å².